The summed E-state index contributed by atoms with van der Waals surface area (Å²) in [6.45, 7) is 0.341. The van der Waals surface area contributed by atoms with Gasteiger partial charge in [-0.15, -0.1) is 0 Å². The molecule has 5 aromatic rings. The third kappa shape index (κ3) is 4.20. The van der Waals surface area contributed by atoms with Crippen LogP contribution >= 0.6 is 0 Å². The molecule has 1 N–H and O–H groups in total. The molecule has 0 bridgehead atoms. The van der Waals surface area contributed by atoms with Gasteiger partial charge in [0.1, 0.15) is 5.52 Å². The van der Waals surface area contributed by atoms with Gasteiger partial charge in [0.2, 0.25) is 11.8 Å². The van der Waals surface area contributed by atoms with Crippen molar-refractivity contribution >= 4 is 23.1 Å². The summed E-state index contributed by atoms with van der Waals surface area (Å²) >= 11 is 0. The number of hydrogen-bond acceptors (Lipinski definition) is 4. The van der Waals surface area contributed by atoms with E-state index in [0.717, 1.165) is 28.0 Å². The normalized spacial score (nSPS) is 11.2. The van der Waals surface area contributed by atoms with Gasteiger partial charge in [0, 0.05) is 36.0 Å². The van der Waals surface area contributed by atoms with Crippen molar-refractivity contribution in [2.75, 3.05) is 0 Å². The largest absolute Gasteiger partial charge is 0.437 e. The van der Waals surface area contributed by atoms with Crippen LogP contribution in [0.2, 0.25) is 0 Å². The van der Waals surface area contributed by atoms with Gasteiger partial charge in [0.05, 0.1) is 11.4 Å². The highest BCUT2D eigenvalue weighted by atomic mass is 16.3. The number of nitrogens with zero attached hydrogens (tertiary/aromatic N) is 3. The Morgan fingerprint density at radius 3 is 2.44 bits per heavy atom. The van der Waals surface area contributed by atoms with Crippen molar-refractivity contribution in [3.05, 3.63) is 109 Å². The van der Waals surface area contributed by atoms with Gasteiger partial charge < -0.3 is 9.73 Å². The number of hydrogen-bond donors (Lipinski definition) is 1. The number of fused-ring (bicyclic) bond motifs is 1. The molecule has 2 aromatic heterocycles. The topological polar surface area (TPSA) is 73.0 Å². The number of amides is 1. The third-order valence-electron chi connectivity index (χ3n) is 5.00. The molecule has 5 rings (SSSR count). The van der Waals surface area contributed by atoms with Crippen LogP contribution in [0.5, 0.6) is 0 Å². The predicted molar refractivity (Wildman–Crippen MR) is 124 cm³/mol. The SMILES string of the molecule is O=C(/C=C/c1nc2ccccc2o1)NCc1cn(-c2ccccc2)nc1-c1ccccc1. The summed E-state index contributed by atoms with van der Waals surface area (Å²) in [4.78, 5) is 16.8. The van der Waals surface area contributed by atoms with E-state index in [9.17, 15) is 4.79 Å². The minimum Gasteiger partial charge on any atom is -0.437 e. The number of rotatable bonds is 6. The maximum Gasteiger partial charge on any atom is 0.244 e. The van der Waals surface area contributed by atoms with Crippen LogP contribution in [0.15, 0.2) is 102 Å². The number of oxazole rings is 1. The maximum absolute atomic E-state index is 12.4. The van der Waals surface area contributed by atoms with Gasteiger partial charge in [0.25, 0.3) is 0 Å². The van der Waals surface area contributed by atoms with Crippen LogP contribution in [0.1, 0.15) is 11.5 Å². The minimum atomic E-state index is -0.237. The van der Waals surface area contributed by atoms with E-state index in [0.29, 0.717) is 18.0 Å². The Bertz CT molecular complexity index is 1350. The molecule has 0 fully saturated rings. The first kappa shape index (κ1) is 19.5. The highest BCUT2D eigenvalue weighted by Gasteiger charge is 2.13. The zero-order valence-corrected chi connectivity index (χ0v) is 17.2. The van der Waals surface area contributed by atoms with Crippen LogP contribution in [-0.4, -0.2) is 20.7 Å². The lowest BCUT2D eigenvalue weighted by Crippen LogP contribution is -2.20. The fourth-order valence-electron chi connectivity index (χ4n) is 3.44. The molecule has 0 unspecified atom stereocenters. The smallest absolute Gasteiger partial charge is 0.244 e. The first-order chi connectivity index (χ1) is 15.8. The summed E-state index contributed by atoms with van der Waals surface area (Å²) in [6.07, 6.45) is 4.94. The van der Waals surface area contributed by atoms with Gasteiger partial charge in [-0.25, -0.2) is 9.67 Å². The van der Waals surface area contributed by atoms with Crippen LogP contribution in [0.4, 0.5) is 0 Å². The molecule has 1 amide bonds. The molecule has 32 heavy (non-hydrogen) atoms. The number of para-hydroxylation sites is 3. The number of nitrogens with one attached hydrogen (secondary N) is 1. The molecule has 0 aliphatic heterocycles. The van der Waals surface area contributed by atoms with Crippen molar-refractivity contribution in [1.29, 1.82) is 0 Å². The second-order valence-electron chi connectivity index (χ2n) is 7.22. The van der Waals surface area contributed by atoms with Crippen molar-refractivity contribution in [1.82, 2.24) is 20.1 Å². The van der Waals surface area contributed by atoms with Crippen LogP contribution in [-0.2, 0) is 11.3 Å². The second kappa shape index (κ2) is 8.73. The fraction of sp³-hybridized carbons (Fsp3) is 0.0385. The summed E-state index contributed by atoms with van der Waals surface area (Å²) < 4.78 is 7.45. The molecule has 156 valence electrons. The summed E-state index contributed by atoms with van der Waals surface area (Å²) in [5, 5.41) is 7.70. The summed E-state index contributed by atoms with van der Waals surface area (Å²) in [7, 11) is 0. The molecule has 6 heteroatoms. The van der Waals surface area contributed by atoms with Gasteiger partial charge in [-0.1, -0.05) is 60.7 Å². The van der Waals surface area contributed by atoms with Gasteiger partial charge >= 0.3 is 0 Å². The van der Waals surface area contributed by atoms with Gasteiger partial charge in [-0.3, -0.25) is 4.79 Å². The Morgan fingerprint density at radius 1 is 0.938 bits per heavy atom. The fourth-order valence-corrected chi connectivity index (χ4v) is 3.44. The number of aromatic nitrogens is 3. The lowest BCUT2D eigenvalue weighted by molar-refractivity contribution is -0.116. The number of carbonyl (C=O) groups is 1. The lowest BCUT2D eigenvalue weighted by Gasteiger charge is -2.03. The number of benzene rings is 3. The van der Waals surface area contributed by atoms with E-state index in [1.807, 2.05) is 95.8 Å². The Hall–Kier alpha value is -4.45. The van der Waals surface area contributed by atoms with E-state index in [4.69, 9.17) is 9.52 Å². The molecule has 0 atom stereocenters. The highest BCUT2D eigenvalue weighted by molar-refractivity contribution is 5.91. The molecule has 0 spiro atoms. The van der Waals surface area contributed by atoms with E-state index in [1.54, 1.807) is 6.08 Å². The molecule has 6 nitrogen and oxygen atoms in total. The standard InChI is InChI=1S/C26H20N4O2/c31-24(15-16-25-28-22-13-7-8-14-23(22)32-25)27-17-20-18-30(21-11-5-2-6-12-21)29-26(20)19-9-3-1-4-10-19/h1-16,18H,17H2,(H,27,31)/b16-15+. The number of carbonyl (C=O) groups excluding carboxylic acids is 1. The van der Waals surface area contributed by atoms with E-state index in [1.165, 1.54) is 6.08 Å². The van der Waals surface area contributed by atoms with E-state index in [-0.39, 0.29) is 5.91 Å². The molecule has 2 heterocycles. The Kier molecular flexibility index (Phi) is 5.32. The first-order valence-electron chi connectivity index (χ1n) is 10.3. The van der Waals surface area contributed by atoms with Crippen molar-refractivity contribution in [3.63, 3.8) is 0 Å². The zero-order valence-electron chi connectivity index (χ0n) is 17.2. The van der Waals surface area contributed by atoms with Crippen LogP contribution in [0, 0.1) is 0 Å². The Morgan fingerprint density at radius 2 is 1.66 bits per heavy atom. The Labute approximate surface area is 184 Å². The molecule has 3 aromatic carbocycles. The monoisotopic (exact) mass is 420 g/mol. The second-order valence-corrected chi connectivity index (χ2v) is 7.22. The van der Waals surface area contributed by atoms with Gasteiger partial charge in [-0.2, -0.15) is 5.10 Å². The summed E-state index contributed by atoms with van der Waals surface area (Å²) in [6, 6.07) is 27.3. The van der Waals surface area contributed by atoms with Crippen molar-refractivity contribution in [3.8, 4) is 16.9 Å². The molecule has 0 saturated heterocycles. The molecule has 0 saturated carbocycles. The highest BCUT2D eigenvalue weighted by Crippen LogP contribution is 2.23. The van der Waals surface area contributed by atoms with Crippen molar-refractivity contribution in [2.45, 2.75) is 6.54 Å². The van der Waals surface area contributed by atoms with Crippen LogP contribution in [0.25, 0.3) is 34.1 Å². The van der Waals surface area contributed by atoms with Gasteiger partial charge in [-0.05, 0) is 24.3 Å². The molecule has 0 aliphatic carbocycles. The van der Waals surface area contributed by atoms with Crippen molar-refractivity contribution in [2.24, 2.45) is 0 Å². The van der Waals surface area contributed by atoms with E-state index >= 15 is 0 Å². The Balaban J connectivity index is 1.34. The van der Waals surface area contributed by atoms with Crippen LogP contribution in [0.3, 0.4) is 0 Å². The molecule has 0 radical (unpaired) electrons. The lowest BCUT2D eigenvalue weighted by atomic mass is 10.1. The third-order valence-corrected chi connectivity index (χ3v) is 5.00. The van der Waals surface area contributed by atoms with Crippen LogP contribution < -0.4 is 5.32 Å². The molecular formula is C26H20N4O2. The average Bonchev–Trinajstić information content (AvgIpc) is 3.47. The summed E-state index contributed by atoms with van der Waals surface area (Å²) in [5.41, 5.74) is 5.15. The zero-order chi connectivity index (χ0) is 21.8. The minimum absolute atomic E-state index is 0.237. The van der Waals surface area contributed by atoms with E-state index < -0.39 is 0 Å². The van der Waals surface area contributed by atoms with Crippen molar-refractivity contribution < 1.29 is 9.21 Å². The summed E-state index contributed by atoms with van der Waals surface area (Å²) in [5.74, 6) is 0.155. The molecule has 0 aliphatic rings. The predicted octanol–water partition coefficient (Wildman–Crippen LogP) is 5.01. The quantitative estimate of drug-likeness (QED) is 0.392. The maximum atomic E-state index is 12.4. The average molecular weight is 420 g/mol. The first-order valence-corrected chi connectivity index (χ1v) is 10.3. The molecular weight excluding hydrogens is 400 g/mol. The van der Waals surface area contributed by atoms with Gasteiger partial charge in [0.15, 0.2) is 5.58 Å². The van der Waals surface area contributed by atoms with E-state index in [2.05, 4.69) is 10.3 Å².